The van der Waals surface area contributed by atoms with E-state index in [-0.39, 0.29) is 17.9 Å². The quantitative estimate of drug-likeness (QED) is 0.788. The standard InChI is InChI=1S/C21H26N2O/c1-15(17-6-4-3-5-7-17)14-22-16(2)18-10-12-20(13-11-18)23-21(24)19-8-9-19/h3-7,10-13,15-16,19,22H,8-9,14H2,1-2H3,(H,23,24). The second kappa shape index (κ2) is 7.63. The zero-order valence-electron chi connectivity index (χ0n) is 14.5. The molecular formula is C21H26N2O. The molecule has 2 N–H and O–H groups in total. The molecule has 3 rings (SSSR count). The molecule has 2 unspecified atom stereocenters. The number of rotatable bonds is 7. The van der Waals surface area contributed by atoms with Crippen LogP contribution in [0, 0.1) is 5.92 Å². The van der Waals surface area contributed by atoms with Crippen molar-refractivity contribution in [2.45, 2.75) is 38.6 Å². The van der Waals surface area contributed by atoms with Crippen LogP contribution in [0.4, 0.5) is 5.69 Å². The minimum Gasteiger partial charge on any atom is -0.326 e. The van der Waals surface area contributed by atoms with E-state index in [2.05, 4.69) is 66.9 Å². The maximum Gasteiger partial charge on any atom is 0.227 e. The molecule has 2 aromatic carbocycles. The molecule has 1 fully saturated rings. The molecule has 1 aliphatic rings. The van der Waals surface area contributed by atoms with Crippen molar-refractivity contribution in [2.75, 3.05) is 11.9 Å². The summed E-state index contributed by atoms with van der Waals surface area (Å²) in [5, 5.41) is 6.58. The number of nitrogens with one attached hydrogen (secondary N) is 2. The van der Waals surface area contributed by atoms with Gasteiger partial charge in [0.25, 0.3) is 0 Å². The molecule has 1 amide bonds. The van der Waals surface area contributed by atoms with Crippen LogP contribution in [0.3, 0.4) is 0 Å². The summed E-state index contributed by atoms with van der Waals surface area (Å²) in [7, 11) is 0. The maximum absolute atomic E-state index is 11.8. The first-order chi connectivity index (χ1) is 11.6. The lowest BCUT2D eigenvalue weighted by molar-refractivity contribution is -0.117. The number of amides is 1. The molecule has 0 aromatic heterocycles. The molecule has 0 spiro atoms. The second-order valence-electron chi connectivity index (χ2n) is 6.83. The summed E-state index contributed by atoms with van der Waals surface area (Å²) in [5.41, 5.74) is 3.48. The zero-order chi connectivity index (χ0) is 16.9. The van der Waals surface area contributed by atoms with Gasteiger partial charge in [-0.25, -0.2) is 0 Å². The van der Waals surface area contributed by atoms with Crippen LogP contribution in [-0.2, 0) is 4.79 Å². The molecule has 1 aliphatic carbocycles. The van der Waals surface area contributed by atoms with Crippen LogP contribution in [0.2, 0.25) is 0 Å². The number of hydrogen-bond acceptors (Lipinski definition) is 2. The van der Waals surface area contributed by atoms with Gasteiger partial charge in [-0.15, -0.1) is 0 Å². The molecule has 2 aromatic rings. The lowest BCUT2D eigenvalue weighted by Gasteiger charge is -2.19. The van der Waals surface area contributed by atoms with Crippen molar-refractivity contribution in [3.8, 4) is 0 Å². The highest BCUT2D eigenvalue weighted by molar-refractivity contribution is 5.94. The Morgan fingerprint density at radius 2 is 1.67 bits per heavy atom. The number of benzene rings is 2. The first-order valence-electron chi connectivity index (χ1n) is 8.82. The lowest BCUT2D eigenvalue weighted by Crippen LogP contribution is -2.23. The Bertz CT molecular complexity index is 662. The number of carbonyl (C=O) groups excluding carboxylic acids is 1. The van der Waals surface area contributed by atoms with Gasteiger partial charge in [0.2, 0.25) is 5.91 Å². The third-order valence-corrected chi connectivity index (χ3v) is 4.73. The van der Waals surface area contributed by atoms with E-state index in [4.69, 9.17) is 0 Å². The maximum atomic E-state index is 11.8. The van der Waals surface area contributed by atoms with Crippen LogP contribution in [0.5, 0.6) is 0 Å². The van der Waals surface area contributed by atoms with Crippen LogP contribution >= 0.6 is 0 Å². The van der Waals surface area contributed by atoms with Crippen LogP contribution < -0.4 is 10.6 Å². The van der Waals surface area contributed by atoms with E-state index in [1.807, 2.05) is 12.1 Å². The van der Waals surface area contributed by atoms with Crippen molar-refractivity contribution in [3.05, 3.63) is 65.7 Å². The lowest BCUT2D eigenvalue weighted by atomic mass is 10.0. The minimum absolute atomic E-state index is 0.158. The highest BCUT2D eigenvalue weighted by Gasteiger charge is 2.29. The summed E-state index contributed by atoms with van der Waals surface area (Å²) in [6.07, 6.45) is 2.06. The first kappa shape index (κ1) is 16.7. The van der Waals surface area contributed by atoms with E-state index in [1.165, 1.54) is 11.1 Å². The van der Waals surface area contributed by atoms with Gasteiger partial charge in [0.15, 0.2) is 0 Å². The average molecular weight is 322 g/mol. The van der Waals surface area contributed by atoms with Gasteiger partial charge in [0.05, 0.1) is 0 Å². The Balaban J connectivity index is 1.51. The summed E-state index contributed by atoms with van der Waals surface area (Å²) >= 11 is 0. The van der Waals surface area contributed by atoms with Crippen LogP contribution in [0.15, 0.2) is 54.6 Å². The molecule has 2 atom stereocenters. The highest BCUT2D eigenvalue weighted by atomic mass is 16.2. The first-order valence-corrected chi connectivity index (χ1v) is 8.82. The molecule has 1 saturated carbocycles. The molecule has 3 nitrogen and oxygen atoms in total. The van der Waals surface area contributed by atoms with E-state index in [9.17, 15) is 4.79 Å². The molecular weight excluding hydrogens is 296 g/mol. The Labute approximate surface area is 144 Å². The zero-order valence-corrected chi connectivity index (χ0v) is 14.5. The third-order valence-electron chi connectivity index (χ3n) is 4.73. The van der Waals surface area contributed by atoms with Gasteiger partial charge in [0.1, 0.15) is 0 Å². The summed E-state index contributed by atoms with van der Waals surface area (Å²) in [6, 6.07) is 19.0. The van der Waals surface area contributed by atoms with E-state index < -0.39 is 0 Å². The van der Waals surface area contributed by atoms with Gasteiger partial charge < -0.3 is 10.6 Å². The van der Waals surface area contributed by atoms with Crippen LogP contribution in [-0.4, -0.2) is 12.5 Å². The topological polar surface area (TPSA) is 41.1 Å². The van der Waals surface area contributed by atoms with Gasteiger partial charge in [-0.2, -0.15) is 0 Å². The Morgan fingerprint density at radius 1 is 1.00 bits per heavy atom. The summed E-state index contributed by atoms with van der Waals surface area (Å²) in [5.74, 6) is 0.876. The van der Waals surface area contributed by atoms with Crippen molar-refractivity contribution >= 4 is 11.6 Å². The van der Waals surface area contributed by atoms with Crippen molar-refractivity contribution in [2.24, 2.45) is 5.92 Å². The van der Waals surface area contributed by atoms with Gasteiger partial charge in [-0.3, -0.25) is 4.79 Å². The second-order valence-corrected chi connectivity index (χ2v) is 6.83. The third kappa shape index (κ3) is 4.45. The number of carbonyl (C=O) groups is 1. The van der Waals surface area contributed by atoms with Gasteiger partial charge in [-0.1, -0.05) is 49.4 Å². The molecule has 0 saturated heterocycles. The number of anilines is 1. The van der Waals surface area contributed by atoms with Gasteiger partial charge in [-0.05, 0) is 48.9 Å². The fraction of sp³-hybridized carbons (Fsp3) is 0.381. The summed E-state index contributed by atoms with van der Waals surface area (Å²) in [6.45, 7) is 5.35. The summed E-state index contributed by atoms with van der Waals surface area (Å²) < 4.78 is 0. The Morgan fingerprint density at radius 3 is 2.29 bits per heavy atom. The number of hydrogen-bond donors (Lipinski definition) is 2. The van der Waals surface area contributed by atoms with Crippen molar-refractivity contribution in [3.63, 3.8) is 0 Å². The van der Waals surface area contributed by atoms with E-state index >= 15 is 0 Å². The van der Waals surface area contributed by atoms with Crippen molar-refractivity contribution in [1.29, 1.82) is 0 Å². The molecule has 0 bridgehead atoms. The van der Waals surface area contributed by atoms with Gasteiger partial charge in [0, 0.05) is 24.2 Å². The SMILES string of the molecule is CC(CNC(C)c1ccc(NC(=O)C2CC2)cc1)c1ccccc1. The van der Waals surface area contributed by atoms with E-state index in [1.54, 1.807) is 0 Å². The normalized spacial score (nSPS) is 16.4. The Kier molecular flexibility index (Phi) is 5.31. The molecule has 3 heteroatoms. The average Bonchev–Trinajstić information content (AvgIpc) is 3.46. The monoisotopic (exact) mass is 322 g/mol. The summed E-state index contributed by atoms with van der Waals surface area (Å²) in [4.78, 5) is 11.8. The minimum atomic E-state index is 0.158. The molecule has 0 heterocycles. The van der Waals surface area contributed by atoms with Crippen molar-refractivity contribution < 1.29 is 4.79 Å². The van der Waals surface area contributed by atoms with Crippen LogP contribution in [0.1, 0.15) is 49.8 Å². The van der Waals surface area contributed by atoms with Crippen molar-refractivity contribution in [1.82, 2.24) is 5.32 Å². The molecule has 24 heavy (non-hydrogen) atoms. The molecule has 126 valence electrons. The predicted octanol–water partition coefficient (Wildman–Crippen LogP) is 4.49. The fourth-order valence-electron chi connectivity index (χ4n) is 2.82. The fourth-order valence-corrected chi connectivity index (χ4v) is 2.82. The van der Waals surface area contributed by atoms with Gasteiger partial charge >= 0.3 is 0 Å². The van der Waals surface area contributed by atoms with E-state index in [0.717, 1.165) is 25.1 Å². The predicted molar refractivity (Wildman–Crippen MR) is 99.1 cm³/mol. The molecule has 0 radical (unpaired) electrons. The Hall–Kier alpha value is -2.13. The largest absolute Gasteiger partial charge is 0.326 e. The molecule has 0 aliphatic heterocycles. The smallest absolute Gasteiger partial charge is 0.227 e. The van der Waals surface area contributed by atoms with E-state index in [0.29, 0.717) is 5.92 Å². The highest BCUT2D eigenvalue weighted by Crippen LogP contribution is 2.30. The van der Waals surface area contributed by atoms with Crippen LogP contribution in [0.25, 0.3) is 0 Å².